The zero-order chi connectivity index (χ0) is 6.41. The normalized spacial score (nSPS) is 12.8. The van der Waals surface area contributed by atoms with Crippen LogP contribution in [0.2, 0.25) is 6.32 Å². The van der Waals surface area contributed by atoms with Crippen LogP contribution in [-0.2, 0) is 4.74 Å². The fourth-order valence-corrected chi connectivity index (χ4v) is 0.453. The van der Waals surface area contributed by atoms with Crippen molar-refractivity contribution < 1.29 is 9.84 Å². The second kappa shape index (κ2) is 5.00. The number of hydrogen-bond acceptors (Lipinski definition) is 2. The molecular formula is C5H11BO2. The predicted molar refractivity (Wildman–Crippen MR) is 35.6 cm³/mol. The number of aliphatic hydroxyl groups is 1. The Bertz CT molecular complexity index is 65.4. The summed E-state index contributed by atoms with van der Waals surface area (Å²) in [5.41, 5.74) is 0. The zero-order valence-corrected chi connectivity index (χ0v) is 5.13. The molecule has 0 bridgehead atoms. The number of aliphatic hydroxyl groups excluding tert-OH is 1. The molecule has 0 amide bonds. The van der Waals surface area contributed by atoms with Gasteiger partial charge in [-0.15, -0.1) is 0 Å². The molecule has 46 valence electrons. The first-order chi connectivity index (χ1) is 3.81. The summed E-state index contributed by atoms with van der Waals surface area (Å²) in [7, 11) is 1.56. The van der Waals surface area contributed by atoms with Crippen LogP contribution in [0.5, 0.6) is 0 Å². The molecule has 0 saturated heterocycles. The Morgan fingerprint density at radius 1 is 1.88 bits per heavy atom. The topological polar surface area (TPSA) is 29.5 Å². The van der Waals surface area contributed by atoms with Gasteiger partial charge in [0, 0.05) is 0 Å². The molecular weight excluding hydrogens is 103 g/mol. The summed E-state index contributed by atoms with van der Waals surface area (Å²) >= 11 is 0. The van der Waals surface area contributed by atoms with E-state index in [1.807, 2.05) is 0 Å². The minimum absolute atomic E-state index is 0.377. The fourth-order valence-electron chi connectivity index (χ4n) is 0.453. The summed E-state index contributed by atoms with van der Waals surface area (Å²) in [5.74, 6) is 0. The Morgan fingerprint density at radius 3 is 2.88 bits per heavy atom. The molecule has 0 aromatic rings. The van der Waals surface area contributed by atoms with Crippen molar-refractivity contribution in [2.24, 2.45) is 0 Å². The van der Waals surface area contributed by atoms with Gasteiger partial charge < -0.3 is 0 Å². The molecule has 0 aliphatic rings. The van der Waals surface area contributed by atoms with Crippen LogP contribution >= 0.6 is 0 Å². The van der Waals surface area contributed by atoms with Crippen LogP contribution in [0, 0.1) is 0 Å². The van der Waals surface area contributed by atoms with E-state index in [0.29, 0.717) is 12.9 Å². The maximum atomic E-state index is 8.85. The standard InChI is InChI=1S/C5H11BO2/c1-6-3-5(7)4-8-2/h5,7H,1,3-4H2,2H3. The van der Waals surface area contributed by atoms with Crippen LogP contribution in [0.25, 0.3) is 0 Å². The molecule has 1 atom stereocenters. The number of rotatable bonds is 4. The second-order valence-corrected chi connectivity index (χ2v) is 1.63. The average Bonchev–Trinajstić information content (AvgIpc) is 1.68. The summed E-state index contributed by atoms with van der Waals surface area (Å²) in [6.45, 7) is 5.53. The van der Waals surface area contributed by atoms with Crippen LogP contribution in [0.3, 0.4) is 0 Å². The summed E-state index contributed by atoms with van der Waals surface area (Å²) in [6.07, 6.45) is 0.228. The summed E-state index contributed by atoms with van der Waals surface area (Å²) in [6, 6.07) is 0. The molecule has 0 aromatic carbocycles. The van der Waals surface area contributed by atoms with Gasteiger partial charge in [-0.05, 0) is 0 Å². The summed E-state index contributed by atoms with van der Waals surface area (Å²) < 4.78 is 4.66. The van der Waals surface area contributed by atoms with Crippen molar-refractivity contribution in [3.8, 4) is 0 Å². The monoisotopic (exact) mass is 114 g/mol. The van der Waals surface area contributed by atoms with Crippen molar-refractivity contribution in [2.75, 3.05) is 13.7 Å². The Balaban J connectivity index is 3.03. The molecule has 0 radical (unpaired) electrons. The number of methoxy groups -OCH3 is 1. The molecule has 0 aliphatic carbocycles. The molecule has 0 aromatic heterocycles. The fraction of sp³-hybridized carbons (Fsp3) is 0.800. The van der Waals surface area contributed by atoms with Gasteiger partial charge in [-0.1, -0.05) is 0 Å². The predicted octanol–water partition coefficient (Wildman–Crippen LogP) is -0.452. The van der Waals surface area contributed by atoms with E-state index in [1.54, 1.807) is 14.0 Å². The van der Waals surface area contributed by atoms with Crippen LogP contribution in [0.4, 0.5) is 0 Å². The van der Waals surface area contributed by atoms with Gasteiger partial charge in [0.15, 0.2) is 0 Å². The van der Waals surface area contributed by atoms with Gasteiger partial charge >= 0.3 is 49.4 Å². The van der Waals surface area contributed by atoms with E-state index in [2.05, 4.69) is 11.2 Å². The van der Waals surface area contributed by atoms with Gasteiger partial charge in [-0.3, -0.25) is 0 Å². The van der Waals surface area contributed by atoms with Gasteiger partial charge in [-0.2, -0.15) is 0 Å². The van der Waals surface area contributed by atoms with Gasteiger partial charge in [0.25, 0.3) is 0 Å². The maximum absolute atomic E-state index is 8.85. The SMILES string of the molecule is C=BCC(O)COC. The first kappa shape index (κ1) is 7.85. The van der Waals surface area contributed by atoms with E-state index in [0.717, 1.165) is 0 Å². The van der Waals surface area contributed by atoms with Crippen LogP contribution in [0.1, 0.15) is 0 Å². The van der Waals surface area contributed by atoms with Crippen LogP contribution in [0.15, 0.2) is 0 Å². The molecule has 0 rings (SSSR count). The molecule has 3 heteroatoms. The molecule has 0 aliphatic heterocycles. The average molecular weight is 114 g/mol. The molecule has 0 spiro atoms. The number of ether oxygens (including phenoxy) is 1. The Hall–Kier alpha value is -0.145. The van der Waals surface area contributed by atoms with E-state index in [1.165, 1.54) is 0 Å². The van der Waals surface area contributed by atoms with E-state index < -0.39 is 0 Å². The Labute approximate surface area is 50.4 Å². The van der Waals surface area contributed by atoms with E-state index in [9.17, 15) is 0 Å². The molecule has 0 saturated carbocycles. The molecule has 0 heterocycles. The quantitative estimate of drug-likeness (QED) is 0.501. The van der Waals surface area contributed by atoms with E-state index >= 15 is 0 Å². The Morgan fingerprint density at radius 2 is 2.50 bits per heavy atom. The third-order valence-electron chi connectivity index (χ3n) is 0.798. The molecule has 2 nitrogen and oxygen atoms in total. The van der Waals surface area contributed by atoms with E-state index in [4.69, 9.17) is 5.11 Å². The van der Waals surface area contributed by atoms with E-state index in [-0.39, 0.29) is 6.10 Å². The van der Waals surface area contributed by atoms with Crippen molar-refractivity contribution in [1.82, 2.24) is 0 Å². The van der Waals surface area contributed by atoms with Gasteiger partial charge in [0.2, 0.25) is 0 Å². The van der Waals surface area contributed by atoms with Crippen molar-refractivity contribution in [3.05, 3.63) is 0 Å². The molecule has 0 fully saturated rings. The third-order valence-corrected chi connectivity index (χ3v) is 0.798. The molecule has 1 unspecified atom stereocenters. The summed E-state index contributed by atoms with van der Waals surface area (Å²) in [5, 5.41) is 8.85. The van der Waals surface area contributed by atoms with Crippen molar-refractivity contribution in [1.29, 1.82) is 0 Å². The van der Waals surface area contributed by atoms with Crippen molar-refractivity contribution in [3.63, 3.8) is 0 Å². The molecule has 8 heavy (non-hydrogen) atoms. The van der Waals surface area contributed by atoms with Crippen molar-refractivity contribution in [2.45, 2.75) is 12.4 Å². The Kier molecular flexibility index (Phi) is 4.91. The first-order valence-electron chi connectivity index (χ1n) is 2.59. The minimum atomic E-state index is -0.377. The number of hydrogen-bond donors (Lipinski definition) is 1. The second-order valence-electron chi connectivity index (χ2n) is 1.63. The van der Waals surface area contributed by atoms with Crippen LogP contribution in [-0.4, -0.2) is 38.3 Å². The van der Waals surface area contributed by atoms with Gasteiger partial charge in [-0.25, -0.2) is 0 Å². The van der Waals surface area contributed by atoms with Gasteiger partial charge in [0.05, 0.1) is 0 Å². The van der Waals surface area contributed by atoms with Crippen LogP contribution < -0.4 is 0 Å². The first-order valence-corrected chi connectivity index (χ1v) is 2.59. The molecule has 1 N–H and O–H groups in total. The van der Waals surface area contributed by atoms with Crippen molar-refractivity contribution >= 4 is 13.4 Å². The zero-order valence-electron chi connectivity index (χ0n) is 5.13. The summed E-state index contributed by atoms with van der Waals surface area (Å²) in [4.78, 5) is 0. The van der Waals surface area contributed by atoms with Gasteiger partial charge in [0.1, 0.15) is 0 Å². The third kappa shape index (κ3) is 4.03.